The predicted octanol–water partition coefficient (Wildman–Crippen LogP) is 0.0811. The van der Waals surface area contributed by atoms with Crippen LogP contribution in [-0.2, 0) is 0 Å². The lowest BCUT2D eigenvalue weighted by atomic mass is 10.2. The van der Waals surface area contributed by atoms with Crippen LogP contribution in [0.5, 0.6) is 0 Å². The van der Waals surface area contributed by atoms with Crippen LogP contribution in [0.3, 0.4) is 0 Å². The van der Waals surface area contributed by atoms with Crippen LogP contribution in [0.15, 0.2) is 18.5 Å². The van der Waals surface area contributed by atoms with E-state index in [-0.39, 0.29) is 6.61 Å². The van der Waals surface area contributed by atoms with Gasteiger partial charge < -0.3 is 21.0 Å². The monoisotopic (exact) mass is 222 g/mol. The number of hydrogen-bond donors (Lipinski definition) is 3. The van der Waals surface area contributed by atoms with E-state index in [2.05, 4.69) is 10.3 Å². The molecular weight excluding hydrogens is 208 g/mol. The quantitative estimate of drug-likeness (QED) is 0.638. The van der Waals surface area contributed by atoms with Crippen molar-refractivity contribution < 1.29 is 9.94 Å². The number of hydrogen-bond acceptors (Lipinski definition) is 5. The average Bonchev–Trinajstić information content (AvgIpc) is 2.73. The first kappa shape index (κ1) is 10.6. The largest absolute Gasteiger partial charge is 0.415 e. The maximum absolute atomic E-state index is 8.77. The smallest absolute Gasteiger partial charge is 0.133 e. The zero-order valence-electron chi connectivity index (χ0n) is 8.97. The Labute approximate surface area is 92.6 Å². The molecule has 2 rings (SSSR count). The molecule has 0 saturated carbocycles. The Balaban J connectivity index is 2.52. The fourth-order valence-corrected chi connectivity index (χ4v) is 1.60. The maximum atomic E-state index is 8.77. The van der Waals surface area contributed by atoms with Gasteiger partial charge in [-0.2, -0.15) is 4.73 Å². The number of anilines is 2. The minimum Gasteiger partial charge on any atom is -0.415 e. The van der Waals surface area contributed by atoms with Gasteiger partial charge in [-0.1, -0.05) is 0 Å². The highest BCUT2D eigenvalue weighted by molar-refractivity contribution is 5.96. The van der Waals surface area contributed by atoms with Crippen molar-refractivity contribution in [2.24, 2.45) is 0 Å². The van der Waals surface area contributed by atoms with E-state index in [9.17, 15) is 0 Å². The molecule has 0 aliphatic rings. The number of nitrogens with zero attached hydrogens (tertiary/aromatic N) is 2. The lowest BCUT2D eigenvalue weighted by Crippen LogP contribution is -2.07. The van der Waals surface area contributed by atoms with Gasteiger partial charge in [-0.05, 0) is 12.1 Å². The van der Waals surface area contributed by atoms with Gasteiger partial charge in [0.05, 0.1) is 18.0 Å². The average molecular weight is 222 g/mol. The van der Waals surface area contributed by atoms with Gasteiger partial charge in [-0.3, -0.25) is 0 Å². The highest BCUT2D eigenvalue weighted by atomic mass is 16.6. The van der Waals surface area contributed by atoms with Gasteiger partial charge in [0.2, 0.25) is 0 Å². The Hall–Kier alpha value is -1.95. The highest BCUT2D eigenvalue weighted by Gasteiger charge is 2.10. The van der Waals surface area contributed by atoms with Crippen LogP contribution in [0.1, 0.15) is 0 Å². The summed E-state index contributed by atoms with van der Waals surface area (Å²) >= 11 is 0. The number of rotatable bonds is 4. The zero-order chi connectivity index (χ0) is 11.5. The Morgan fingerprint density at radius 3 is 3.06 bits per heavy atom. The Kier molecular flexibility index (Phi) is 2.82. The Bertz CT molecular complexity index is 495. The number of nitrogens with two attached hydrogens (primary N) is 1. The topological polar surface area (TPSA) is 85.3 Å². The molecule has 2 aromatic rings. The summed E-state index contributed by atoms with van der Waals surface area (Å²) in [6.07, 6.45) is 1.56. The van der Waals surface area contributed by atoms with Crippen molar-refractivity contribution in [1.29, 1.82) is 0 Å². The molecule has 86 valence electrons. The lowest BCUT2D eigenvalue weighted by Gasteiger charge is -2.08. The fourth-order valence-electron chi connectivity index (χ4n) is 1.60. The summed E-state index contributed by atoms with van der Waals surface area (Å²) in [5.74, 6) is 0. The number of nitrogen functional groups attached to an aromatic ring is 1. The summed E-state index contributed by atoms with van der Waals surface area (Å²) in [5, 5.41) is 11.8. The number of aliphatic hydroxyl groups is 1. The molecule has 0 aliphatic carbocycles. The molecule has 1 aromatic carbocycles. The van der Waals surface area contributed by atoms with Gasteiger partial charge in [0.25, 0.3) is 0 Å². The van der Waals surface area contributed by atoms with Crippen LogP contribution in [0.4, 0.5) is 11.4 Å². The molecule has 0 amide bonds. The van der Waals surface area contributed by atoms with Crippen molar-refractivity contribution in [2.75, 3.05) is 31.3 Å². The second-order valence-corrected chi connectivity index (χ2v) is 3.30. The van der Waals surface area contributed by atoms with E-state index in [1.54, 1.807) is 19.5 Å². The Morgan fingerprint density at radius 1 is 1.56 bits per heavy atom. The van der Waals surface area contributed by atoms with E-state index < -0.39 is 0 Å². The van der Waals surface area contributed by atoms with Crippen molar-refractivity contribution in [3.63, 3.8) is 0 Å². The van der Waals surface area contributed by atoms with E-state index in [0.29, 0.717) is 12.2 Å². The normalized spacial score (nSPS) is 10.6. The van der Waals surface area contributed by atoms with E-state index in [0.717, 1.165) is 16.7 Å². The molecule has 1 aromatic heterocycles. The summed E-state index contributed by atoms with van der Waals surface area (Å²) in [7, 11) is 1.55. The van der Waals surface area contributed by atoms with Crippen molar-refractivity contribution in [3.8, 4) is 0 Å². The molecule has 0 spiro atoms. The van der Waals surface area contributed by atoms with Gasteiger partial charge >= 0.3 is 0 Å². The molecular formula is C10H14N4O2. The first-order valence-electron chi connectivity index (χ1n) is 4.92. The summed E-state index contributed by atoms with van der Waals surface area (Å²) < 4.78 is 1.51. The number of fused-ring (bicyclic) bond motifs is 1. The van der Waals surface area contributed by atoms with Crippen molar-refractivity contribution >= 4 is 22.4 Å². The van der Waals surface area contributed by atoms with Gasteiger partial charge in [0.15, 0.2) is 0 Å². The van der Waals surface area contributed by atoms with E-state index in [1.165, 1.54) is 4.73 Å². The zero-order valence-corrected chi connectivity index (χ0v) is 8.97. The molecule has 0 unspecified atom stereocenters. The van der Waals surface area contributed by atoms with E-state index >= 15 is 0 Å². The van der Waals surface area contributed by atoms with Crippen LogP contribution in [0.25, 0.3) is 11.0 Å². The minimum atomic E-state index is 0.0663. The molecule has 6 heteroatoms. The van der Waals surface area contributed by atoms with E-state index in [1.807, 2.05) is 6.07 Å². The van der Waals surface area contributed by atoms with Crippen LogP contribution in [0, 0.1) is 0 Å². The van der Waals surface area contributed by atoms with Crippen molar-refractivity contribution in [1.82, 2.24) is 9.71 Å². The van der Waals surface area contributed by atoms with Gasteiger partial charge in [-0.25, -0.2) is 4.98 Å². The molecule has 0 saturated heterocycles. The molecule has 0 atom stereocenters. The summed E-state index contributed by atoms with van der Waals surface area (Å²) in [6, 6.07) is 3.61. The van der Waals surface area contributed by atoms with Crippen molar-refractivity contribution in [3.05, 3.63) is 18.5 Å². The third-order valence-corrected chi connectivity index (χ3v) is 2.32. The molecule has 0 radical (unpaired) electrons. The fraction of sp³-hybridized carbons (Fsp3) is 0.300. The van der Waals surface area contributed by atoms with Crippen LogP contribution < -0.4 is 15.9 Å². The molecule has 1 heterocycles. The third-order valence-electron chi connectivity index (χ3n) is 2.32. The van der Waals surface area contributed by atoms with Crippen LogP contribution in [0.2, 0.25) is 0 Å². The predicted molar refractivity (Wildman–Crippen MR) is 62.2 cm³/mol. The van der Waals surface area contributed by atoms with Crippen molar-refractivity contribution in [2.45, 2.75) is 0 Å². The molecule has 16 heavy (non-hydrogen) atoms. The minimum absolute atomic E-state index is 0.0663. The summed E-state index contributed by atoms with van der Waals surface area (Å²) in [5.41, 5.74) is 8.74. The third kappa shape index (κ3) is 1.63. The summed E-state index contributed by atoms with van der Waals surface area (Å²) in [6.45, 7) is 0.537. The molecule has 0 aliphatic heterocycles. The standard InChI is InChI=1S/C10H14N4O2/c1-16-14-6-13-9-8(12-4-5-15)3-2-7(11)10(9)14/h2-3,6,12,15H,4-5,11H2,1H3. The maximum Gasteiger partial charge on any atom is 0.133 e. The molecule has 6 nitrogen and oxygen atoms in total. The number of nitrogens with one attached hydrogen (secondary N) is 1. The Morgan fingerprint density at radius 2 is 2.38 bits per heavy atom. The number of aromatic nitrogens is 2. The molecule has 0 bridgehead atoms. The number of aliphatic hydroxyl groups excluding tert-OH is 1. The van der Waals surface area contributed by atoms with E-state index in [4.69, 9.17) is 15.7 Å². The first-order valence-corrected chi connectivity index (χ1v) is 4.92. The van der Waals surface area contributed by atoms with Crippen LogP contribution in [-0.4, -0.2) is 35.1 Å². The molecule has 0 fully saturated rings. The van der Waals surface area contributed by atoms with Gasteiger partial charge in [-0.15, -0.1) is 0 Å². The second kappa shape index (κ2) is 4.28. The SMILES string of the molecule is COn1cnc2c(NCCO)ccc(N)c21. The van der Waals surface area contributed by atoms with Gasteiger partial charge in [0.1, 0.15) is 24.5 Å². The second-order valence-electron chi connectivity index (χ2n) is 3.30. The number of benzene rings is 1. The highest BCUT2D eigenvalue weighted by Crippen LogP contribution is 2.26. The van der Waals surface area contributed by atoms with Crippen LogP contribution >= 0.6 is 0 Å². The number of imidazole rings is 1. The molecule has 4 N–H and O–H groups in total. The lowest BCUT2D eigenvalue weighted by molar-refractivity contribution is 0.177. The summed E-state index contributed by atoms with van der Waals surface area (Å²) in [4.78, 5) is 9.32. The van der Waals surface area contributed by atoms with Gasteiger partial charge in [0, 0.05) is 6.54 Å². The first-order chi connectivity index (χ1) is 7.77.